The van der Waals surface area contributed by atoms with E-state index < -0.39 is 0 Å². The van der Waals surface area contributed by atoms with E-state index in [-0.39, 0.29) is 5.91 Å². The number of carbonyl (C=O) groups is 1. The molecule has 1 aliphatic heterocycles. The van der Waals surface area contributed by atoms with Crippen molar-refractivity contribution < 1.29 is 13.9 Å². The minimum Gasteiger partial charge on any atom is -0.489 e. The van der Waals surface area contributed by atoms with Crippen LogP contribution < -0.4 is 4.74 Å². The molecule has 1 amide bonds. The molecule has 0 N–H and O–H groups in total. The Balaban J connectivity index is 1.53. The Kier molecular flexibility index (Phi) is 6.88. The number of hydrogen-bond acceptors (Lipinski definition) is 6. The number of benzene rings is 2. The zero-order chi connectivity index (χ0) is 25.1. The number of aromatic nitrogens is 2. The van der Waals surface area contributed by atoms with Gasteiger partial charge in [0.2, 0.25) is 0 Å². The molecule has 6 nitrogen and oxygen atoms in total. The minimum absolute atomic E-state index is 0.149. The maximum absolute atomic E-state index is 13.2. The molecule has 1 saturated heterocycles. The second kappa shape index (κ2) is 10.4. The lowest BCUT2D eigenvalue weighted by Gasteiger charge is -2.12. The number of rotatable bonds is 8. The van der Waals surface area contributed by atoms with Crippen molar-refractivity contribution >= 4 is 40.3 Å². The molecule has 5 rings (SSSR count). The van der Waals surface area contributed by atoms with E-state index in [0.29, 0.717) is 28.1 Å². The summed E-state index contributed by atoms with van der Waals surface area (Å²) in [5.74, 6) is 1.32. The molecule has 1 fully saturated rings. The summed E-state index contributed by atoms with van der Waals surface area (Å²) in [5.41, 5.74) is 4.40. The monoisotopic (exact) mass is 513 g/mol. The van der Waals surface area contributed by atoms with Gasteiger partial charge in [0, 0.05) is 17.3 Å². The number of amides is 1. The van der Waals surface area contributed by atoms with Gasteiger partial charge < -0.3 is 9.15 Å². The number of ether oxygens (including phenoxy) is 1. The van der Waals surface area contributed by atoms with Crippen LogP contribution in [-0.2, 0) is 11.3 Å². The summed E-state index contributed by atoms with van der Waals surface area (Å²) in [6, 6.07) is 19.4. The van der Waals surface area contributed by atoms with Crippen molar-refractivity contribution in [1.29, 1.82) is 0 Å². The van der Waals surface area contributed by atoms with Crippen LogP contribution in [0.1, 0.15) is 16.9 Å². The first-order valence-electron chi connectivity index (χ1n) is 11.3. The second-order valence-corrected chi connectivity index (χ2v) is 9.82. The summed E-state index contributed by atoms with van der Waals surface area (Å²) in [6.45, 7) is 6.44. The number of hydrogen-bond donors (Lipinski definition) is 0. The number of carbonyl (C=O) groups excluding carboxylic acids is 1. The predicted octanol–water partition coefficient (Wildman–Crippen LogP) is 6.41. The van der Waals surface area contributed by atoms with E-state index in [1.54, 1.807) is 23.3 Å². The lowest BCUT2D eigenvalue weighted by Crippen LogP contribution is -2.27. The molecule has 0 aliphatic carbocycles. The van der Waals surface area contributed by atoms with E-state index in [0.717, 1.165) is 33.8 Å². The van der Waals surface area contributed by atoms with Gasteiger partial charge in [-0.2, -0.15) is 5.10 Å². The Hall–Kier alpha value is -3.88. The highest BCUT2D eigenvalue weighted by Crippen LogP contribution is 2.36. The number of furan rings is 1. The van der Waals surface area contributed by atoms with Gasteiger partial charge in [-0.1, -0.05) is 54.8 Å². The van der Waals surface area contributed by atoms with Gasteiger partial charge in [0.05, 0.1) is 23.4 Å². The number of thioether (sulfide) groups is 1. The first kappa shape index (κ1) is 23.8. The summed E-state index contributed by atoms with van der Waals surface area (Å²) < 4.78 is 13.5. The van der Waals surface area contributed by atoms with Crippen LogP contribution in [0.2, 0.25) is 0 Å². The van der Waals surface area contributed by atoms with Gasteiger partial charge in [-0.3, -0.25) is 9.69 Å². The Labute approximate surface area is 218 Å². The van der Waals surface area contributed by atoms with Crippen LogP contribution in [0, 0.1) is 6.92 Å². The maximum atomic E-state index is 13.2. The van der Waals surface area contributed by atoms with Crippen LogP contribution in [0.3, 0.4) is 0 Å². The molecule has 1 aliphatic rings. The van der Waals surface area contributed by atoms with E-state index in [1.165, 1.54) is 11.8 Å². The molecule has 0 radical (unpaired) electrons. The van der Waals surface area contributed by atoms with Gasteiger partial charge in [0.15, 0.2) is 0 Å². The molecule has 0 saturated carbocycles. The summed E-state index contributed by atoms with van der Waals surface area (Å²) >= 11 is 6.79. The van der Waals surface area contributed by atoms with Gasteiger partial charge >= 0.3 is 0 Å². The van der Waals surface area contributed by atoms with E-state index >= 15 is 0 Å². The Morgan fingerprint density at radius 1 is 1.17 bits per heavy atom. The largest absolute Gasteiger partial charge is 0.489 e. The molecular weight excluding hydrogens is 490 g/mol. The van der Waals surface area contributed by atoms with Gasteiger partial charge in [0.25, 0.3) is 5.91 Å². The highest BCUT2D eigenvalue weighted by molar-refractivity contribution is 8.26. The van der Waals surface area contributed by atoms with Crippen molar-refractivity contribution in [3.05, 3.63) is 108 Å². The number of thiocarbonyl (C=S) groups is 1. The molecule has 2 aromatic carbocycles. The van der Waals surface area contributed by atoms with Crippen LogP contribution >= 0.6 is 24.0 Å². The lowest BCUT2D eigenvalue weighted by molar-refractivity contribution is -0.122. The van der Waals surface area contributed by atoms with E-state index in [1.807, 2.05) is 78.5 Å². The zero-order valence-electron chi connectivity index (χ0n) is 19.6. The zero-order valence-corrected chi connectivity index (χ0v) is 21.2. The smallest absolute Gasteiger partial charge is 0.266 e. The summed E-state index contributed by atoms with van der Waals surface area (Å²) in [6.07, 6.45) is 7.10. The van der Waals surface area contributed by atoms with Crippen molar-refractivity contribution in [2.45, 2.75) is 13.5 Å². The van der Waals surface area contributed by atoms with E-state index in [4.69, 9.17) is 26.5 Å². The first-order chi connectivity index (χ1) is 17.5. The average Bonchev–Trinajstić information content (AvgIpc) is 3.61. The molecule has 0 spiro atoms. The normalized spacial score (nSPS) is 14.6. The maximum Gasteiger partial charge on any atom is 0.266 e. The SMILES string of the molecule is C=CCOc1ccc(-c2nn(-c3ccccc3)cc2/C=C2\SC(=S)N(Cc3ccco3)C2=O)cc1C. The standard InChI is InChI=1S/C28H23N3O3S2/c1-3-13-34-24-12-11-20(15-19(24)2)26-21(17-31(29-26)22-8-5-4-6-9-22)16-25-27(32)30(28(35)36-25)18-23-10-7-14-33-23/h3-12,14-17H,1,13,18H2,2H3/b25-16-. The second-order valence-electron chi connectivity index (χ2n) is 8.14. The van der Waals surface area contributed by atoms with Crippen molar-refractivity contribution in [2.75, 3.05) is 6.61 Å². The van der Waals surface area contributed by atoms with Crippen LogP contribution in [0.25, 0.3) is 23.0 Å². The fourth-order valence-corrected chi connectivity index (χ4v) is 5.12. The number of nitrogens with zero attached hydrogens (tertiary/aromatic N) is 3. The molecule has 0 bridgehead atoms. The molecule has 180 valence electrons. The Morgan fingerprint density at radius 3 is 2.72 bits per heavy atom. The predicted molar refractivity (Wildman–Crippen MR) is 147 cm³/mol. The topological polar surface area (TPSA) is 60.5 Å². The van der Waals surface area contributed by atoms with Crippen molar-refractivity contribution in [3.8, 4) is 22.7 Å². The molecular formula is C28H23N3O3S2. The summed E-state index contributed by atoms with van der Waals surface area (Å²) in [4.78, 5) is 15.3. The average molecular weight is 514 g/mol. The number of para-hydroxylation sites is 1. The van der Waals surface area contributed by atoms with Gasteiger partial charge in [-0.05, 0) is 61.0 Å². The lowest BCUT2D eigenvalue weighted by atomic mass is 10.0. The third-order valence-corrected chi connectivity index (χ3v) is 7.00. The third-order valence-electron chi connectivity index (χ3n) is 5.62. The van der Waals surface area contributed by atoms with Crippen LogP contribution in [0.5, 0.6) is 5.75 Å². The summed E-state index contributed by atoms with van der Waals surface area (Å²) in [5, 5.41) is 4.88. The molecule has 8 heteroatoms. The van der Waals surface area contributed by atoms with Crippen molar-refractivity contribution in [3.63, 3.8) is 0 Å². The van der Waals surface area contributed by atoms with Crippen LogP contribution in [0.4, 0.5) is 0 Å². The molecule has 0 atom stereocenters. The van der Waals surface area contributed by atoms with Gasteiger partial charge in [0.1, 0.15) is 28.1 Å². The highest BCUT2D eigenvalue weighted by atomic mass is 32.2. The molecule has 36 heavy (non-hydrogen) atoms. The van der Waals surface area contributed by atoms with Crippen molar-refractivity contribution in [2.24, 2.45) is 0 Å². The van der Waals surface area contributed by atoms with Gasteiger partial charge in [-0.15, -0.1) is 0 Å². The Morgan fingerprint density at radius 2 is 2.00 bits per heavy atom. The van der Waals surface area contributed by atoms with Crippen molar-refractivity contribution in [1.82, 2.24) is 14.7 Å². The minimum atomic E-state index is -0.149. The molecule has 2 aromatic heterocycles. The molecule has 3 heterocycles. The number of aryl methyl sites for hydroxylation is 1. The molecule has 4 aromatic rings. The molecule has 0 unspecified atom stereocenters. The van der Waals surface area contributed by atoms with Gasteiger partial charge in [-0.25, -0.2) is 4.68 Å². The van der Waals surface area contributed by atoms with Crippen LogP contribution in [0.15, 0.2) is 95.1 Å². The quantitative estimate of drug-likeness (QED) is 0.154. The van der Waals surface area contributed by atoms with E-state index in [9.17, 15) is 4.79 Å². The fourth-order valence-electron chi connectivity index (χ4n) is 3.87. The Bertz CT molecular complexity index is 1460. The fraction of sp³-hybridized carbons (Fsp3) is 0.107. The highest BCUT2D eigenvalue weighted by Gasteiger charge is 2.33. The third kappa shape index (κ3) is 4.91. The summed E-state index contributed by atoms with van der Waals surface area (Å²) in [7, 11) is 0. The van der Waals surface area contributed by atoms with Crippen LogP contribution in [-0.4, -0.2) is 31.5 Å². The van der Waals surface area contributed by atoms with E-state index in [2.05, 4.69) is 6.58 Å². The first-order valence-corrected chi connectivity index (χ1v) is 12.5.